The van der Waals surface area contributed by atoms with E-state index >= 15 is 0 Å². The van der Waals surface area contributed by atoms with Crippen LogP contribution in [0.1, 0.15) is 16.7 Å². The maximum atomic E-state index is 12.6. The van der Waals surface area contributed by atoms with E-state index in [4.69, 9.17) is 16.6 Å². The molecule has 0 aliphatic carbocycles. The summed E-state index contributed by atoms with van der Waals surface area (Å²) in [7, 11) is 0. The maximum Gasteiger partial charge on any atom is 0.321 e. The van der Waals surface area contributed by atoms with Crippen molar-refractivity contribution in [2.75, 3.05) is 36.4 Å². The van der Waals surface area contributed by atoms with Crippen LogP contribution in [0.2, 0.25) is 5.02 Å². The molecule has 7 heteroatoms. The van der Waals surface area contributed by atoms with E-state index in [9.17, 15) is 4.79 Å². The molecule has 2 heterocycles. The van der Waals surface area contributed by atoms with Crippen LogP contribution >= 0.6 is 22.9 Å². The van der Waals surface area contributed by atoms with E-state index in [1.165, 1.54) is 11.1 Å². The van der Waals surface area contributed by atoms with Gasteiger partial charge in [-0.25, -0.2) is 9.78 Å². The molecule has 1 aliphatic heterocycles. The molecule has 0 radical (unpaired) electrons. The first-order chi connectivity index (χ1) is 13.4. The molecule has 146 valence electrons. The Kier molecular flexibility index (Phi) is 5.17. The standard InChI is InChI=1S/C21H23ClN4OS/c1-13-4-6-16(12-15(13)3)23-20(27)25-8-10-26(11-9-25)21-24-18-14(2)5-7-17(22)19(18)28-21/h4-7,12H,8-11H2,1-3H3,(H,23,27). The van der Waals surface area contributed by atoms with Crippen LogP contribution in [-0.2, 0) is 0 Å². The largest absolute Gasteiger partial charge is 0.345 e. The van der Waals surface area contributed by atoms with Crippen LogP contribution in [0.4, 0.5) is 15.6 Å². The third kappa shape index (κ3) is 3.66. The summed E-state index contributed by atoms with van der Waals surface area (Å²) in [5.41, 5.74) is 5.34. The molecule has 4 rings (SSSR count). The minimum Gasteiger partial charge on any atom is -0.345 e. The topological polar surface area (TPSA) is 48.5 Å². The number of nitrogens with one attached hydrogen (secondary N) is 1. The van der Waals surface area contributed by atoms with Gasteiger partial charge in [0.15, 0.2) is 5.13 Å². The molecule has 1 N–H and O–H groups in total. The number of amides is 2. The highest BCUT2D eigenvalue weighted by molar-refractivity contribution is 7.22. The van der Waals surface area contributed by atoms with E-state index in [-0.39, 0.29) is 6.03 Å². The highest BCUT2D eigenvalue weighted by atomic mass is 35.5. The maximum absolute atomic E-state index is 12.6. The zero-order chi connectivity index (χ0) is 19.8. The molecule has 1 fully saturated rings. The lowest BCUT2D eigenvalue weighted by atomic mass is 10.1. The van der Waals surface area contributed by atoms with Gasteiger partial charge in [-0.05, 0) is 55.7 Å². The van der Waals surface area contributed by atoms with Crippen LogP contribution in [0.15, 0.2) is 30.3 Å². The fraction of sp³-hybridized carbons (Fsp3) is 0.333. The number of hydrogen-bond acceptors (Lipinski definition) is 4. The summed E-state index contributed by atoms with van der Waals surface area (Å²) in [5, 5.41) is 4.73. The molecule has 0 bridgehead atoms. The predicted octanol–water partition coefficient (Wildman–Crippen LogP) is 5.23. The Morgan fingerprint density at radius 2 is 1.75 bits per heavy atom. The Bertz CT molecular complexity index is 1000. The molecular weight excluding hydrogens is 392 g/mol. The minimum atomic E-state index is -0.0499. The smallest absolute Gasteiger partial charge is 0.321 e. The molecule has 3 aromatic rings. The Morgan fingerprint density at radius 3 is 2.43 bits per heavy atom. The summed E-state index contributed by atoms with van der Waals surface area (Å²) in [5.74, 6) is 0. The van der Waals surface area contributed by atoms with Gasteiger partial charge in [0.05, 0.1) is 15.2 Å². The van der Waals surface area contributed by atoms with Crippen LogP contribution < -0.4 is 10.2 Å². The summed E-state index contributed by atoms with van der Waals surface area (Å²) in [6.45, 7) is 9.02. The van der Waals surface area contributed by atoms with Gasteiger partial charge in [-0.2, -0.15) is 0 Å². The lowest BCUT2D eigenvalue weighted by Crippen LogP contribution is -2.50. The molecule has 0 saturated carbocycles. The number of benzene rings is 2. The van der Waals surface area contributed by atoms with Gasteiger partial charge in [-0.15, -0.1) is 0 Å². The van der Waals surface area contributed by atoms with Crippen LogP contribution in [0, 0.1) is 20.8 Å². The number of anilines is 2. The predicted molar refractivity (Wildman–Crippen MR) is 118 cm³/mol. The zero-order valence-corrected chi connectivity index (χ0v) is 17.8. The number of fused-ring (bicyclic) bond motifs is 1. The monoisotopic (exact) mass is 414 g/mol. The number of rotatable bonds is 2. The highest BCUT2D eigenvalue weighted by Gasteiger charge is 2.24. The van der Waals surface area contributed by atoms with Crippen LogP contribution in [0.25, 0.3) is 10.2 Å². The number of aromatic nitrogens is 1. The second-order valence-electron chi connectivity index (χ2n) is 7.24. The first kappa shape index (κ1) is 19.0. The van der Waals surface area contributed by atoms with E-state index < -0.39 is 0 Å². The molecule has 0 unspecified atom stereocenters. The van der Waals surface area contributed by atoms with Crippen LogP contribution in [-0.4, -0.2) is 42.1 Å². The Hall–Kier alpha value is -2.31. The molecule has 0 atom stereocenters. The third-order valence-electron chi connectivity index (χ3n) is 5.28. The summed E-state index contributed by atoms with van der Waals surface area (Å²) in [4.78, 5) is 21.5. The SMILES string of the molecule is Cc1ccc(NC(=O)N2CCN(c3nc4c(C)ccc(Cl)c4s3)CC2)cc1C. The highest BCUT2D eigenvalue weighted by Crippen LogP contribution is 2.35. The van der Waals surface area contributed by atoms with E-state index in [1.807, 2.05) is 35.2 Å². The van der Waals surface area contributed by atoms with Gasteiger partial charge < -0.3 is 15.1 Å². The number of nitrogens with zero attached hydrogens (tertiary/aromatic N) is 3. The van der Waals surface area contributed by atoms with Crippen molar-refractivity contribution in [3.63, 3.8) is 0 Å². The van der Waals surface area contributed by atoms with Gasteiger partial charge in [0.2, 0.25) is 0 Å². The quantitative estimate of drug-likeness (QED) is 0.624. The molecule has 1 aromatic heterocycles. The van der Waals surface area contributed by atoms with Gasteiger partial charge in [0.25, 0.3) is 0 Å². The lowest BCUT2D eigenvalue weighted by molar-refractivity contribution is 0.208. The number of hydrogen-bond donors (Lipinski definition) is 1. The van der Waals surface area contributed by atoms with Gasteiger partial charge >= 0.3 is 6.03 Å². The van der Waals surface area contributed by atoms with Gasteiger partial charge in [-0.1, -0.05) is 35.1 Å². The van der Waals surface area contributed by atoms with Crippen molar-refractivity contribution >= 4 is 50.0 Å². The van der Waals surface area contributed by atoms with Crippen molar-refractivity contribution in [2.45, 2.75) is 20.8 Å². The minimum absolute atomic E-state index is 0.0499. The average Bonchev–Trinajstić information content (AvgIpc) is 3.15. The number of halogens is 1. The lowest BCUT2D eigenvalue weighted by Gasteiger charge is -2.34. The van der Waals surface area contributed by atoms with Crippen molar-refractivity contribution in [1.29, 1.82) is 0 Å². The van der Waals surface area contributed by atoms with Gasteiger partial charge in [-0.3, -0.25) is 0 Å². The van der Waals surface area contributed by atoms with E-state index in [1.54, 1.807) is 11.3 Å². The molecule has 2 amide bonds. The van der Waals surface area contributed by atoms with Crippen molar-refractivity contribution in [3.8, 4) is 0 Å². The van der Waals surface area contributed by atoms with E-state index in [2.05, 4.69) is 31.0 Å². The second-order valence-corrected chi connectivity index (χ2v) is 8.63. The number of piperazine rings is 1. The number of aryl methyl sites for hydroxylation is 3. The number of carbonyl (C=O) groups is 1. The summed E-state index contributed by atoms with van der Waals surface area (Å²) in [6.07, 6.45) is 0. The third-order valence-corrected chi connectivity index (χ3v) is 6.86. The number of urea groups is 1. The van der Waals surface area contributed by atoms with E-state index in [0.717, 1.165) is 44.7 Å². The normalized spacial score (nSPS) is 14.6. The first-order valence-corrected chi connectivity index (χ1v) is 10.6. The zero-order valence-electron chi connectivity index (χ0n) is 16.3. The number of carbonyl (C=O) groups excluding carboxylic acids is 1. The molecule has 2 aromatic carbocycles. The van der Waals surface area contributed by atoms with Gasteiger partial charge in [0, 0.05) is 31.9 Å². The Balaban J connectivity index is 1.41. The Morgan fingerprint density at radius 1 is 1.04 bits per heavy atom. The molecule has 1 aliphatic rings. The molecular formula is C21H23ClN4OS. The van der Waals surface area contributed by atoms with Crippen molar-refractivity contribution in [3.05, 3.63) is 52.0 Å². The first-order valence-electron chi connectivity index (χ1n) is 9.36. The van der Waals surface area contributed by atoms with Crippen molar-refractivity contribution < 1.29 is 4.79 Å². The van der Waals surface area contributed by atoms with Crippen LogP contribution in [0.5, 0.6) is 0 Å². The van der Waals surface area contributed by atoms with E-state index in [0.29, 0.717) is 13.1 Å². The van der Waals surface area contributed by atoms with Crippen molar-refractivity contribution in [1.82, 2.24) is 9.88 Å². The molecule has 1 saturated heterocycles. The number of thiazole rings is 1. The molecule has 28 heavy (non-hydrogen) atoms. The average molecular weight is 415 g/mol. The summed E-state index contributed by atoms with van der Waals surface area (Å²) in [6, 6.07) is 9.87. The van der Waals surface area contributed by atoms with Crippen molar-refractivity contribution in [2.24, 2.45) is 0 Å². The van der Waals surface area contributed by atoms with Gasteiger partial charge in [0.1, 0.15) is 0 Å². The second kappa shape index (κ2) is 7.60. The molecule has 0 spiro atoms. The fourth-order valence-corrected chi connectivity index (χ4v) is 4.72. The fourth-order valence-electron chi connectivity index (χ4n) is 3.35. The molecule has 5 nitrogen and oxygen atoms in total. The summed E-state index contributed by atoms with van der Waals surface area (Å²) < 4.78 is 1.03. The van der Waals surface area contributed by atoms with Crippen LogP contribution in [0.3, 0.4) is 0 Å². The Labute approximate surface area is 173 Å². The summed E-state index contributed by atoms with van der Waals surface area (Å²) >= 11 is 7.96.